The van der Waals surface area contributed by atoms with Crippen molar-refractivity contribution in [3.05, 3.63) is 44.0 Å². The third kappa shape index (κ3) is 3.79. The summed E-state index contributed by atoms with van der Waals surface area (Å²) in [4.78, 5) is 22.1. The zero-order chi connectivity index (χ0) is 17.3. The molecule has 0 spiro atoms. The highest BCUT2D eigenvalue weighted by atomic mass is 127. The molecule has 2 aliphatic rings. The van der Waals surface area contributed by atoms with Gasteiger partial charge in [-0.2, -0.15) is 0 Å². The summed E-state index contributed by atoms with van der Waals surface area (Å²) in [6.45, 7) is 0. The lowest BCUT2D eigenvalue weighted by Gasteiger charge is -2.32. The molecular formula is C16H19IN2O5. The summed E-state index contributed by atoms with van der Waals surface area (Å²) in [5.41, 5.74) is 0.636. The van der Waals surface area contributed by atoms with E-state index in [1.165, 1.54) is 6.07 Å². The van der Waals surface area contributed by atoms with Gasteiger partial charge in [0, 0.05) is 34.2 Å². The Kier molecular flexibility index (Phi) is 5.21. The van der Waals surface area contributed by atoms with Gasteiger partial charge in [0.1, 0.15) is 11.9 Å². The van der Waals surface area contributed by atoms with Gasteiger partial charge in [-0.15, -0.1) is 0 Å². The number of nitrogens with one attached hydrogen (secondary N) is 1. The number of nitrogens with zero attached hydrogens (tertiary/aromatic N) is 1. The Morgan fingerprint density at radius 2 is 2.17 bits per heavy atom. The molecule has 1 heterocycles. The van der Waals surface area contributed by atoms with E-state index in [1.807, 2.05) is 0 Å². The average molecular weight is 446 g/mol. The van der Waals surface area contributed by atoms with Gasteiger partial charge in [-0.3, -0.25) is 15.5 Å². The summed E-state index contributed by atoms with van der Waals surface area (Å²) in [5.74, 6) is 0.538. The van der Waals surface area contributed by atoms with E-state index >= 15 is 0 Å². The molecule has 8 heteroatoms. The highest BCUT2D eigenvalue weighted by Crippen LogP contribution is 2.34. The van der Waals surface area contributed by atoms with Crippen LogP contribution in [0.4, 0.5) is 0 Å². The van der Waals surface area contributed by atoms with Crippen molar-refractivity contribution in [2.24, 2.45) is 5.92 Å². The Hall–Kier alpha value is -1.45. The molecule has 4 unspecified atom stereocenters. The molecule has 0 amide bonds. The number of alkyl halides is 1. The number of aryl methyl sites for hydroxylation is 1. The van der Waals surface area contributed by atoms with Crippen molar-refractivity contribution < 1.29 is 14.1 Å². The van der Waals surface area contributed by atoms with Crippen molar-refractivity contribution in [2.45, 2.75) is 54.6 Å². The quantitative estimate of drug-likeness (QED) is 0.192. The van der Waals surface area contributed by atoms with Crippen LogP contribution in [0.15, 0.2) is 21.3 Å². The fraction of sp³-hybridized carbons (Fsp3) is 0.625. The van der Waals surface area contributed by atoms with Gasteiger partial charge in [0.05, 0.1) is 5.92 Å². The molecule has 0 aliphatic heterocycles. The zero-order valence-electron chi connectivity index (χ0n) is 13.1. The van der Waals surface area contributed by atoms with Crippen molar-refractivity contribution in [3.8, 4) is 0 Å². The predicted octanol–water partition coefficient (Wildman–Crippen LogP) is 2.74. The molecule has 0 saturated heterocycles. The lowest BCUT2D eigenvalue weighted by Crippen LogP contribution is -2.39. The van der Waals surface area contributed by atoms with Crippen LogP contribution in [-0.4, -0.2) is 26.9 Å². The topological polar surface area (TPSA) is 106 Å². The van der Waals surface area contributed by atoms with Crippen LogP contribution < -0.4 is 5.63 Å². The summed E-state index contributed by atoms with van der Waals surface area (Å²) in [7, 11) is 0. The minimum Gasteiger partial charge on any atom is -0.477 e. The van der Waals surface area contributed by atoms with Crippen LogP contribution in [0.2, 0.25) is 0 Å². The Morgan fingerprint density at radius 1 is 1.38 bits per heavy atom. The second kappa shape index (κ2) is 7.20. The molecule has 1 fully saturated rings. The second-order valence-electron chi connectivity index (χ2n) is 6.42. The lowest BCUT2D eigenvalue weighted by atomic mass is 9.85. The molecule has 0 bridgehead atoms. The number of ether oxygens (including phenoxy) is 1. The highest BCUT2D eigenvalue weighted by molar-refractivity contribution is 14.1. The Morgan fingerprint density at radius 3 is 2.92 bits per heavy atom. The Labute approximate surface area is 152 Å². The van der Waals surface area contributed by atoms with E-state index in [9.17, 15) is 14.9 Å². The van der Waals surface area contributed by atoms with Gasteiger partial charge in [0.15, 0.2) is 5.90 Å². The molecule has 1 aromatic rings. The fourth-order valence-electron chi connectivity index (χ4n) is 3.45. The first kappa shape index (κ1) is 17.4. The number of halogens is 1. The van der Waals surface area contributed by atoms with Crippen molar-refractivity contribution >= 4 is 28.5 Å². The number of hydrogen-bond donors (Lipinski definition) is 1. The van der Waals surface area contributed by atoms with Gasteiger partial charge < -0.3 is 9.15 Å². The molecule has 0 radical (unpaired) electrons. The van der Waals surface area contributed by atoms with E-state index in [1.54, 1.807) is 6.07 Å². The smallest absolute Gasteiger partial charge is 0.335 e. The first-order valence-corrected chi connectivity index (χ1v) is 9.33. The van der Waals surface area contributed by atoms with Gasteiger partial charge in [-0.05, 0) is 30.9 Å². The van der Waals surface area contributed by atoms with E-state index in [4.69, 9.17) is 14.6 Å². The molecule has 3 rings (SSSR count). The van der Waals surface area contributed by atoms with Gasteiger partial charge in [0.2, 0.25) is 6.04 Å². The molecule has 7 nitrogen and oxygen atoms in total. The highest BCUT2D eigenvalue weighted by Gasteiger charge is 2.39. The third-order valence-electron chi connectivity index (χ3n) is 4.82. The Bertz CT molecular complexity index is 704. The van der Waals surface area contributed by atoms with Gasteiger partial charge in [0.25, 0.3) is 0 Å². The minimum atomic E-state index is -0.588. The maximum absolute atomic E-state index is 11.3. The van der Waals surface area contributed by atoms with Crippen LogP contribution in [0.1, 0.15) is 37.0 Å². The van der Waals surface area contributed by atoms with E-state index in [2.05, 4.69) is 22.6 Å². The number of hydrogen-bond acceptors (Lipinski definition) is 6. The molecule has 2 aliphatic carbocycles. The van der Waals surface area contributed by atoms with Crippen LogP contribution in [0.5, 0.6) is 0 Å². The maximum Gasteiger partial charge on any atom is 0.335 e. The minimum absolute atomic E-state index is 0.132. The maximum atomic E-state index is 11.3. The molecule has 0 aromatic carbocycles. The third-order valence-corrected chi connectivity index (χ3v) is 6.31. The monoisotopic (exact) mass is 446 g/mol. The van der Waals surface area contributed by atoms with Crippen LogP contribution >= 0.6 is 22.6 Å². The Balaban J connectivity index is 1.64. The second-order valence-corrected chi connectivity index (χ2v) is 8.02. The van der Waals surface area contributed by atoms with E-state index in [0.29, 0.717) is 25.0 Å². The van der Waals surface area contributed by atoms with Crippen LogP contribution in [0.3, 0.4) is 0 Å². The average Bonchev–Trinajstić information content (AvgIpc) is 2.54. The van der Waals surface area contributed by atoms with Crippen LogP contribution in [-0.2, 0) is 17.6 Å². The normalized spacial score (nSPS) is 29.5. The first-order chi connectivity index (χ1) is 11.4. The van der Waals surface area contributed by atoms with Crippen molar-refractivity contribution in [3.63, 3.8) is 0 Å². The summed E-state index contributed by atoms with van der Waals surface area (Å²) >= 11 is 2.26. The molecule has 1 saturated carbocycles. The summed E-state index contributed by atoms with van der Waals surface area (Å²) in [5, 5.41) is 19.3. The molecular weight excluding hydrogens is 427 g/mol. The van der Waals surface area contributed by atoms with E-state index in [-0.39, 0.29) is 32.4 Å². The van der Waals surface area contributed by atoms with Crippen LogP contribution in [0.25, 0.3) is 0 Å². The zero-order valence-corrected chi connectivity index (χ0v) is 15.2. The van der Waals surface area contributed by atoms with Crippen molar-refractivity contribution in [1.82, 2.24) is 0 Å². The van der Waals surface area contributed by atoms with Gasteiger partial charge in [-0.1, -0.05) is 22.6 Å². The number of rotatable bonds is 3. The van der Waals surface area contributed by atoms with E-state index in [0.717, 1.165) is 24.8 Å². The molecule has 4 atom stereocenters. The van der Waals surface area contributed by atoms with Gasteiger partial charge in [-0.25, -0.2) is 4.79 Å². The standard InChI is InChI=1S/C16H19IN2O5/c17-13-5-3-10(19(21)22)7-12(13)16(18)23-11-4-1-9-2-6-15(20)24-14(9)8-11/h2,6,10-13,18H,1,3-5,7-8H2. The summed E-state index contributed by atoms with van der Waals surface area (Å²) in [6, 6.07) is 2.62. The summed E-state index contributed by atoms with van der Waals surface area (Å²) < 4.78 is 11.2. The van der Waals surface area contributed by atoms with E-state index < -0.39 is 6.04 Å². The molecule has 1 N–H and O–H groups in total. The fourth-order valence-corrected chi connectivity index (χ4v) is 4.42. The predicted molar refractivity (Wildman–Crippen MR) is 95.5 cm³/mol. The van der Waals surface area contributed by atoms with Gasteiger partial charge >= 0.3 is 5.63 Å². The number of nitro groups is 1. The van der Waals surface area contributed by atoms with Crippen molar-refractivity contribution in [2.75, 3.05) is 0 Å². The molecule has 1 aromatic heterocycles. The van der Waals surface area contributed by atoms with Crippen LogP contribution in [0, 0.1) is 21.4 Å². The molecule has 24 heavy (non-hydrogen) atoms. The first-order valence-electron chi connectivity index (χ1n) is 8.08. The SMILES string of the molecule is N=C(OC1CCc2ccc(=O)oc2C1)C1CC([N+](=O)[O-])CCC1I. The number of fused-ring (bicyclic) bond motifs is 1. The van der Waals surface area contributed by atoms with Crippen molar-refractivity contribution in [1.29, 1.82) is 5.41 Å². The molecule has 130 valence electrons. The summed E-state index contributed by atoms with van der Waals surface area (Å²) in [6.07, 6.45) is 3.39. The lowest BCUT2D eigenvalue weighted by molar-refractivity contribution is -0.527. The largest absolute Gasteiger partial charge is 0.477 e.